The van der Waals surface area contributed by atoms with Crippen molar-refractivity contribution in [2.45, 2.75) is 23.1 Å². The number of hydrogen-bond donors (Lipinski definition) is 2. The minimum absolute atomic E-state index is 0.0897. The van der Waals surface area contributed by atoms with Gasteiger partial charge < -0.3 is 15.0 Å². The number of amides is 1. The molecular weight excluding hydrogens is 429 g/mol. The van der Waals surface area contributed by atoms with Crippen LogP contribution in [0.1, 0.15) is 22.6 Å². The van der Waals surface area contributed by atoms with Crippen LogP contribution in [0.4, 0.5) is 13.2 Å². The molecule has 1 aromatic heterocycles. The molecule has 0 spiro atoms. The number of alkyl halides is 3. The van der Waals surface area contributed by atoms with Crippen LogP contribution in [0.5, 0.6) is 0 Å². The van der Waals surface area contributed by atoms with Gasteiger partial charge in [-0.1, -0.05) is 10.5 Å². The number of imidazole rings is 1. The Hall–Kier alpha value is -2.48. The fourth-order valence-electron chi connectivity index (χ4n) is 2.65. The van der Waals surface area contributed by atoms with E-state index in [1.165, 1.54) is 31.4 Å². The summed E-state index contributed by atoms with van der Waals surface area (Å²) in [5.41, 5.74) is -3.36. The van der Waals surface area contributed by atoms with Crippen molar-refractivity contribution >= 4 is 15.9 Å². The maximum Gasteiger partial charge on any atom is 0.424 e. The molecule has 1 atom stereocenters. The number of hydrogen-bond acceptors (Lipinski definition) is 6. The quantitative estimate of drug-likeness (QED) is 0.584. The van der Waals surface area contributed by atoms with Crippen molar-refractivity contribution in [2.24, 2.45) is 7.05 Å². The smallest absolute Gasteiger partial charge is 0.374 e. The normalized spacial score (nSPS) is 14.5. The minimum atomic E-state index is -5.03. The first-order valence-electron chi connectivity index (χ1n) is 8.53. The van der Waals surface area contributed by atoms with Gasteiger partial charge >= 0.3 is 6.18 Å². The largest absolute Gasteiger partial charge is 0.424 e. The van der Waals surface area contributed by atoms with Crippen LogP contribution >= 0.6 is 0 Å². The van der Waals surface area contributed by atoms with E-state index in [0.29, 0.717) is 4.47 Å². The standard InChI is InChI=1S/C17H21F3N4O5S/c1-23-10-9-22-15(23)16(26,17(18,19)20)7-8-21-14(25)12-5-4-6-13(11-12)30(27,28)24(2)29-3/h4-6,9-11,26H,7-8H2,1-3H3,(H,21,25). The Bertz CT molecular complexity index is 1010. The van der Waals surface area contributed by atoms with Crippen LogP contribution in [0.25, 0.3) is 0 Å². The number of aromatic nitrogens is 2. The van der Waals surface area contributed by atoms with Gasteiger partial charge in [0.1, 0.15) is 5.82 Å². The second-order valence-electron chi connectivity index (χ2n) is 6.35. The molecule has 0 bridgehead atoms. The summed E-state index contributed by atoms with van der Waals surface area (Å²) in [7, 11) is -0.390. The lowest BCUT2D eigenvalue weighted by atomic mass is 9.97. The number of carbonyl (C=O) groups is 1. The van der Waals surface area contributed by atoms with Crippen molar-refractivity contribution in [3.05, 3.63) is 48.0 Å². The average molecular weight is 450 g/mol. The molecule has 2 aromatic rings. The molecule has 0 fully saturated rings. The van der Waals surface area contributed by atoms with Crippen LogP contribution in [-0.2, 0) is 27.5 Å². The van der Waals surface area contributed by atoms with Crippen LogP contribution in [0, 0.1) is 0 Å². The Morgan fingerprint density at radius 1 is 1.37 bits per heavy atom. The molecule has 1 aromatic carbocycles. The molecule has 2 N–H and O–H groups in total. The fourth-order valence-corrected chi connectivity index (χ4v) is 3.67. The van der Waals surface area contributed by atoms with Gasteiger partial charge in [-0.25, -0.2) is 13.4 Å². The van der Waals surface area contributed by atoms with Gasteiger partial charge in [0.15, 0.2) is 0 Å². The predicted molar refractivity (Wildman–Crippen MR) is 98.5 cm³/mol. The summed E-state index contributed by atoms with van der Waals surface area (Å²) in [6, 6.07) is 4.92. The number of carbonyl (C=O) groups excluding carboxylic acids is 1. The highest BCUT2D eigenvalue weighted by Gasteiger charge is 2.57. The van der Waals surface area contributed by atoms with Crippen molar-refractivity contribution < 1.29 is 36.3 Å². The van der Waals surface area contributed by atoms with Gasteiger partial charge in [0.05, 0.1) is 12.0 Å². The summed E-state index contributed by atoms with van der Waals surface area (Å²) < 4.78 is 66.6. The maximum absolute atomic E-state index is 13.5. The maximum atomic E-state index is 13.5. The number of hydroxylamine groups is 1. The molecule has 0 saturated heterocycles. The minimum Gasteiger partial charge on any atom is -0.374 e. The molecule has 13 heteroatoms. The van der Waals surface area contributed by atoms with Crippen LogP contribution in [0.15, 0.2) is 41.6 Å². The van der Waals surface area contributed by atoms with Crippen LogP contribution in [0.2, 0.25) is 0 Å². The van der Waals surface area contributed by atoms with E-state index in [9.17, 15) is 31.5 Å². The molecule has 30 heavy (non-hydrogen) atoms. The first-order chi connectivity index (χ1) is 13.8. The van der Waals surface area contributed by atoms with E-state index in [0.717, 1.165) is 31.0 Å². The van der Waals surface area contributed by atoms with Gasteiger partial charge in [0, 0.05) is 45.0 Å². The van der Waals surface area contributed by atoms with E-state index in [2.05, 4.69) is 15.1 Å². The lowest BCUT2D eigenvalue weighted by Crippen LogP contribution is -2.46. The van der Waals surface area contributed by atoms with E-state index in [1.54, 1.807) is 0 Å². The van der Waals surface area contributed by atoms with E-state index < -0.39 is 46.5 Å². The lowest BCUT2D eigenvalue weighted by Gasteiger charge is -2.30. The molecule has 0 aliphatic rings. The zero-order chi connectivity index (χ0) is 22.7. The third-order valence-electron chi connectivity index (χ3n) is 4.42. The van der Waals surface area contributed by atoms with Gasteiger partial charge in [0.25, 0.3) is 15.9 Å². The zero-order valence-electron chi connectivity index (χ0n) is 16.3. The monoisotopic (exact) mass is 450 g/mol. The van der Waals surface area contributed by atoms with E-state index >= 15 is 0 Å². The van der Waals surface area contributed by atoms with Crippen molar-refractivity contribution in [1.82, 2.24) is 19.3 Å². The number of rotatable bonds is 8. The third kappa shape index (κ3) is 4.64. The average Bonchev–Trinajstić information content (AvgIpc) is 3.12. The molecular formula is C17H21F3N4O5S. The van der Waals surface area contributed by atoms with E-state index in [1.807, 2.05) is 0 Å². The van der Waals surface area contributed by atoms with Gasteiger partial charge in [-0.15, -0.1) is 0 Å². The van der Waals surface area contributed by atoms with Crippen LogP contribution in [-0.4, -0.2) is 60.3 Å². The first kappa shape index (κ1) is 23.8. The zero-order valence-corrected chi connectivity index (χ0v) is 17.2. The molecule has 1 heterocycles. The van der Waals surface area contributed by atoms with Crippen molar-refractivity contribution in [1.29, 1.82) is 0 Å². The summed E-state index contributed by atoms with van der Waals surface area (Å²) >= 11 is 0. The molecule has 166 valence electrons. The highest BCUT2D eigenvalue weighted by molar-refractivity contribution is 7.89. The SMILES string of the molecule is CON(C)S(=O)(=O)c1cccc(C(=O)NCCC(O)(c2nccn2C)C(F)(F)F)c1. The van der Waals surface area contributed by atoms with Gasteiger partial charge in [-0.05, 0) is 18.2 Å². The molecule has 0 aliphatic carbocycles. The van der Waals surface area contributed by atoms with E-state index in [-0.39, 0.29) is 10.5 Å². The van der Waals surface area contributed by atoms with Crippen molar-refractivity contribution in [3.63, 3.8) is 0 Å². The second kappa shape index (κ2) is 8.71. The Kier molecular flexibility index (Phi) is 6.91. The molecule has 2 rings (SSSR count). The first-order valence-corrected chi connectivity index (χ1v) is 9.97. The van der Waals surface area contributed by atoms with Gasteiger partial charge in [0.2, 0.25) is 5.60 Å². The van der Waals surface area contributed by atoms with Crippen LogP contribution in [0.3, 0.4) is 0 Å². The second-order valence-corrected chi connectivity index (χ2v) is 8.29. The van der Waals surface area contributed by atoms with Gasteiger partial charge in [-0.3, -0.25) is 9.63 Å². The van der Waals surface area contributed by atoms with Gasteiger partial charge in [-0.2, -0.15) is 13.2 Å². The molecule has 0 aliphatic heterocycles. The molecule has 0 radical (unpaired) electrons. The van der Waals surface area contributed by atoms with Crippen molar-refractivity contribution in [3.8, 4) is 0 Å². The third-order valence-corrected chi connectivity index (χ3v) is 6.10. The number of sulfonamides is 1. The molecule has 1 unspecified atom stereocenters. The number of aliphatic hydroxyl groups is 1. The molecule has 0 saturated carbocycles. The van der Waals surface area contributed by atoms with E-state index in [4.69, 9.17) is 0 Å². The lowest BCUT2D eigenvalue weighted by molar-refractivity contribution is -0.272. The molecule has 1 amide bonds. The molecule has 9 nitrogen and oxygen atoms in total. The fraction of sp³-hybridized carbons (Fsp3) is 0.412. The Morgan fingerprint density at radius 3 is 2.57 bits per heavy atom. The predicted octanol–water partition coefficient (Wildman–Crippen LogP) is 1.17. The number of benzene rings is 1. The summed E-state index contributed by atoms with van der Waals surface area (Å²) in [6.07, 6.45) is -3.55. The Balaban J connectivity index is 2.16. The van der Waals surface area contributed by atoms with Crippen LogP contribution < -0.4 is 5.32 Å². The van der Waals surface area contributed by atoms with Crippen molar-refractivity contribution in [2.75, 3.05) is 20.7 Å². The summed E-state index contributed by atoms with van der Waals surface area (Å²) in [4.78, 5) is 20.3. The number of nitrogens with one attached hydrogen (secondary N) is 1. The summed E-state index contributed by atoms with van der Waals surface area (Å²) in [5.74, 6) is -1.42. The Labute approximate surface area is 171 Å². The summed E-state index contributed by atoms with van der Waals surface area (Å²) in [5, 5.41) is 12.5. The highest BCUT2D eigenvalue weighted by Crippen LogP contribution is 2.40. The number of aryl methyl sites for hydroxylation is 1. The highest BCUT2D eigenvalue weighted by atomic mass is 32.2. The summed E-state index contributed by atoms with van der Waals surface area (Å²) in [6.45, 7) is -0.545. The number of halogens is 3. The Morgan fingerprint density at radius 2 is 2.03 bits per heavy atom. The number of nitrogens with zero attached hydrogens (tertiary/aromatic N) is 3. The topological polar surface area (TPSA) is 114 Å².